The molecule has 1 aromatic rings. The van der Waals surface area contributed by atoms with Crippen molar-refractivity contribution >= 4 is 39.3 Å². The van der Waals surface area contributed by atoms with Crippen molar-refractivity contribution in [1.82, 2.24) is 4.90 Å². The number of allylic oxidation sites excluding steroid dienone is 2. The molecule has 1 heterocycles. The lowest BCUT2D eigenvalue weighted by molar-refractivity contribution is -0.140. The summed E-state index contributed by atoms with van der Waals surface area (Å²) in [5, 5.41) is 2.80. The number of carbonyl (C=O) groups is 3. The lowest BCUT2D eigenvalue weighted by atomic mass is 9.85. The van der Waals surface area contributed by atoms with Crippen LogP contribution in [0.1, 0.15) is 24.8 Å². The molecule has 126 valence electrons. The van der Waals surface area contributed by atoms with Crippen molar-refractivity contribution in [3.63, 3.8) is 0 Å². The van der Waals surface area contributed by atoms with Crippen LogP contribution < -0.4 is 5.32 Å². The largest absolute Gasteiger partial charge is 0.326 e. The van der Waals surface area contributed by atoms with Gasteiger partial charge in [-0.1, -0.05) is 28.1 Å². The van der Waals surface area contributed by atoms with Crippen molar-refractivity contribution in [1.29, 1.82) is 0 Å². The molecule has 1 fully saturated rings. The number of halogens is 1. The molecule has 0 spiro atoms. The minimum atomic E-state index is -0.236. The fourth-order valence-corrected chi connectivity index (χ4v) is 3.50. The third kappa shape index (κ3) is 3.29. The second-order valence-corrected chi connectivity index (χ2v) is 7.10. The molecule has 0 radical (unpaired) electrons. The van der Waals surface area contributed by atoms with Crippen LogP contribution in [0, 0.1) is 18.8 Å². The Morgan fingerprint density at radius 2 is 1.83 bits per heavy atom. The normalized spacial score (nSPS) is 22.7. The molecule has 1 saturated heterocycles. The van der Waals surface area contributed by atoms with Crippen LogP contribution in [-0.4, -0.2) is 29.2 Å². The lowest BCUT2D eigenvalue weighted by Gasteiger charge is -2.14. The summed E-state index contributed by atoms with van der Waals surface area (Å²) in [4.78, 5) is 38.0. The van der Waals surface area contributed by atoms with E-state index in [-0.39, 0.29) is 42.5 Å². The monoisotopic (exact) mass is 390 g/mol. The molecule has 1 aliphatic carbocycles. The van der Waals surface area contributed by atoms with E-state index in [0.29, 0.717) is 18.5 Å². The molecule has 2 aliphatic rings. The van der Waals surface area contributed by atoms with Crippen LogP contribution in [0.4, 0.5) is 5.69 Å². The standard InChI is InChI=1S/C18H19BrN2O3/c1-11-10-12(6-7-15(11)19)20-16(22)8-9-21-17(23)13-4-2-3-5-14(13)18(21)24/h2-3,6-7,10,13-14H,4-5,8-9H2,1H3,(H,20,22)/t13-,14-/m0/s1. The Hall–Kier alpha value is -1.95. The SMILES string of the molecule is Cc1cc(NC(=O)CCN2C(=O)[C@H]3CC=CC[C@@H]3C2=O)ccc1Br. The van der Waals surface area contributed by atoms with E-state index in [9.17, 15) is 14.4 Å². The molecule has 0 unspecified atom stereocenters. The van der Waals surface area contributed by atoms with Gasteiger partial charge in [0.05, 0.1) is 11.8 Å². The third-order valence-corrected chi connectivity index (χ3v) is 5.49. The van der Waals surface area contributed by atoms with Gasteiger partial charge in [0.25, 0.3) is 0 Å². The van der Waals surface area contributed by atoms with Crippen LogP contribution >= 0.6 is 15.9 Å². The highest BCUT2D eigenvalue weighted by atomic mass is 79.9. The molecule has 1 N–H and O–H groups in total. The van der Waals surface area contributed by atoms with Crippen LogP contribution in [0.25, 0.3) is 0 Å². The van der Waals surface area contributed by atoms with Gasteiger partial charge in [0.1, 0.15) is 0 Å². The van der Waals surface area contributed by atoms with Gasteiger partial charge >= 0.3 is 0 Å². The summed E-state index contributed by atoms with van der Waals surface area (Å²) in [6.07, 6.45) is 5.27. The third-order valence-electron chi connectivity index (χ3n) is 4.60. The summed E-state index contributed by atoms with van der Waals surface area (Å²) in [6, 6.07) is 5.55. The number of amides is 3. The molecular formula is C18H19BrN2O3. The summed E-state index contributed by atoms with van der Waals surface area (Å²) in [5.74, 6) is -0.951. The van der Waals surface area contributed by atoms with Crippen LogP contribution in [0.2, 0.25) is 0 Å². The Balaban J connectivity index is 1.57. The highest BCUT2D eigenvalue weighted by Crippen LogP contribution is 2.35. The van der Waals surface area contributed by atoms with Gasteiger partial charge < -0.3 is 5.32 Å². The van der Waals surface area contributed by atoms with E-state index in [1.54, 1.807) is 6.07 Å². The van der Waals surface area contributed by atoms with E-state index in [2.05, 4.69) is 21.2 Å². The average molecular weight is 391 g/mol. The van der Waals surface area contributed by atoms with Gasteiger partial charge in [-0.2, -0.15) is 0 Å². The number of hydrogen-bond acceptors (Lipinski definition) is 3. The number of nitrogens with one attached hydrogen (secondary N) is 1. The van der Waals surface area contributed by atoms with Crippen molar-refractivity contribution in [3.8, 4) is 0 Å². The van der Waals surface area contributed by atoms with Crippen LogP contribution in [0.3, 0.4) is 0 Å². The molecule has 24 heavy (non-hydrogen) atoms. The maximum Gasteiger partial charge on any atom is 0.233 e. The van der Waals surface area contributed by atoms with Crippen molar-refractivity contribution in [3.05, 3.63) is 40.4 Å². The van der Waals surface area contributed by atoms with E-state index >= 15 is 0 Å². The molecule has 2 atom stereocenters. The predicted octanol–water partition coefficient (Wildman–Crippen LogP) is 3.04. The first-order valence-corrected chi connectivity index (χ1v) is 8.83. The summed E-state index contributed by atoms with van der Waals surface area (Å²) in [5.41, 5.74) is 1.73. The van der Waals surface area contributed by atoms with Crippen molar-refractivity contribution in [2.24, 2.45) is 11.8 Å². The number of rotatable bonds is 4. The number of nitrogens with zero attached hydrogens (tertiary/aromatic N) is 1. The molecule has 1 aliphatic heterocycles. The Morgan fingerprint density at radius 1 is 1.21 bits per heavy atom. The van der Waals surface area contributed by atoms with E-state index in [1.807, 2.05) is 31.2 Å². The summed E-state index contributed by atoms with van der Waals surface area (Å²) >= 11 is 3.41. The Kier molecular flexibility index (Phi) is 4.85. The van der Waals surface area contributed by atoms with Gasteiger partial charge in [-0.05, 0) is 43.5 Å². The molecule has 3 rings (SSSR count). The van der Waals surface area contributed by atoms with Gasteiger partial charge in [-0.25, -0.2) is 0 Å². The highest BCUT2D eigenvalue weighted by molar-refractivity contribution is 9.10. The fraction of sp³-hybridized carbons (Fsp3) is 0.389. The topological polar surface area (TPSA) is 66.5 Å². The van der Waals surface area contributed by atoms with Gasteiger partial charge in [-0.15, -0.1) is 0 Å². The zero-order chi connectivity index (χ0) is 17.3. The van der Waals surface area contributed by atoms with E-state index < -0.39 is 0 Å². The summed E-state index contributed by atoms with van der Waals surface area (Å²) in [6.45, 7) is 2.09. The zero-order valence-corrected chi connectivity index (χ0v) is 15.0. The molecule has 0 bridgehead atoms. The maximum atomic E-state index is 12.3. The molecule has 1 aromatic carbocycles. The highest BCUT2D eigenvalue weighted by Gasteiger charge is 2.46. The number of imide groups is 1. The number of benzene rings is 1. The number of fused-ring (bicyclic) bond motifs is 1. The molecule has 6 heteroatoms. The molecular weight excluding hydrogens is 372 g/mol. The fourth-order valence-electron chi connectivity index (χ4n) is 3.25. The first-order valence-electron chi connectivity index (χ1n) is 8.03. The second kappa shape index (κ2) is 6.89. The number of aryl methyl sites for hydroxylation is 1. The Morgan fingerprint density at radius 3 is 2.42 bits per heavy atom. The number of anilines is 1. The smallest absolute Gasteiger partial charge is 0.233 e. The van der Waals surface area contributed by atoms with Crippen molar-refractivity contribution < 1.29 is 14.4 Å². The van der Waals surface area contributed by atoms with Crippen LogP contribution in [-0.2, 0) is 14.4 Å². The van der Waals surface area contributed by atoms with Crippen molar-refractivity contribution in [2.45, 2.75) is 26.2 Å². The average Bonchev–Trinajstić information content (AvgIpc) is 2.81. The Bertz CT molecular complexity index is 703. The van der Waals surface area contributed by atoms with Crippen LogP contribution in [0.5, 0.6) is 0 Å². The summed E-state index contributed by atoms with van der Waals surface area (Å²) in [7, 11) is 0. The molecule has 0 aromatic heterocycles. The molecule has 3 amide bonds. The lowest BCUT2D eigenvalue weighted by Crippen LogP contribution is -2.34. The van der Waals surface area contributed by atoms with Crippen molar-refractivity contribution in [2.75, 3.05) is 11.9 Å². The first kappa shape index (κ1) is 16.9. The van der Waals surface area contributed by atoms with Crippen LogP contribution in [0.15, 0.2) is 34.8 Å². The van der Waals surface area contributed by atoms with Gasteiger partial charge in [-0.3, -0.25) is 19.3 Å². The minimum Gasteiger partial charge on any atom is -0.326 e. The number of hydrogen-bond donors (Lipinski definition) is 1. The zero-order valence-electron chi connectivity index (χ0n) is 13.4. The van der Waals surface area contributed by atoms with Gasteiger partial charge in [0.15, 0.2) is 0 Å². The predicted molar refractivity (Wildman–Crippen MR) is 94.2 cm³/mol. The van der Waals surface area contributed by atoms with E-state index in [1.165, 1.54) is 4.90 Å². The molecule has 0 saturated carbocycles. The first-order chi connectivity index (χ1) is 11.5. The van der Waals surface area contributed by atoms with E-state index in [4.69, 9.17) is 0 Å². The quantitative estimate of drug-likeness (QED) is 0.634. The van der Waals surface area contributed by atoms with Gasteiger partial charge in [0.2, 0.25) is 17.7 Å². The molecule has 5 nitrogen and oxygen atoms in total. The second-order valence-electron chi connectivity index (χ2n) is 6.25. The minimum absolute atomic E-state index is 0.111. The summed E-state index contributed by atoms with van der Waals surface area (Å²) < 4.78 is 0.977. The van der Waals surface area contributed by atoms with Gasteiger partial charge in [0, 0.05) is 23.1 Å². The number of carbonyl (C=O) groups excluding carboxylic acids is 3. The maximum absolute atomic E-state index is 12.3. The van der Waals surface area contributed by atoms with E-state index in [0.717, 1.165) is 10.0 Å². The Labute approximate surface area is 149 Å². The number of likely N-dealkylation sites (tertiary alicyclic amines) is 1.